The van der Waals surface area contributed by atoms with Gasteiger partial charge in [-0.3, -0.25) is 4.79 Å². The number of hydrogen-bond donors (Lipinski definition) is 1. The summed E-state index contributed by atoms with van der Waals surface area (Å²) in [6, 6.07) is 0.270. The highest BCUT2D eigenvalue weighted by atomic mass is 32.2. The number of carbonyl (C=O) groups is 1. The number of unbranched alkanes of at least 4 members (excludes halogenated alkanes) is 1. The Labute approximate surface area is 116 Å². The zero-order chi connectivity index (χ0) is 13.4. The number of carbonyl (C=O) groups excluding carboxylic acids is 1. The second kappa shape index (κ2) is 8.81. The molecule has 1 amide bonds. The molecule has 3 nitrogen and oxygen atoms in total. The third-order valence-corrected chi connectivity index (χ3v) is 4.81. The molecule has 2 N–H and O–H groups in total. The maximum Gasteiger partial charge on any atom is 0.223 e. The second-order valence-electron chi connectivity index (χ2n) is 5.29. The van der Waals surface area contributed by atoms with Gasteiger partial charge in [0.1, 0.15) is 0 Å². The Kier molecular flexibility index (Phi) is 7.75. The van der Waals surface area contributed by atoms with Crippen molar-refractivity contribution in [1.29, 1.82) is 0 Å². The molecule has 0 saturated carbocycles. The van der Waals surface area contributed by atoms with Crippen molar-refractivity contribution in [2.75, 3.05) is 24.6 Å². The SMILES string of the molecule is CCCCSCCC(=O)N1CCC(C(C)N)CC1. The first-order valence-corrected chi connectivity index (χ1v) is 8.41. The highest BCUT2D eigenvalue weighted by molar-refractivity contribution is 7.99. The van der Waals surface area contributed by atoms with Crippen LogP contribution in [0.3, 0.4) is 0 Å². The van der Waals surface area contributed by atoms with Crippen molar-refractivity contribution in [3.05, 3.63) is 0 Å². The summed E-state index contributed by atoms with van der Waals surface area (Å²) in [6.45, 7) is 6.09. The van der Waals surface area contributed by atoms with Gasteiger partial charge in [-0.15, -0.1) is 0 Å². The summed E-state index contributed by atoms with van der Waals surface area (Å²) < 4.78 is 0. The minimum absolute atomic E-state index is 0.270. The fraction of sp³-hybridized carbons (Fsp3) is 0.929. The number of amides is 1. The van der Waals surface area contributed by atoms with Gasteiger partial charge in [0.2, 0.25) is 5.91 Å². The normalized spacial score (nSPS) is 18.9. The van der Waals surface area contributed by atoms with E-state index in [-0.39, 0.29) is 6.04 Å². The zero-order valence-electron chi connectivity index (χ0n) is 11.9. The van der Waals surface area contributed by atoms with Crippen LogP contribution in [0.25, 0.3) is 0 Å². The van der Waals surface area contributed by atoms with Gasteiger partial charge in [-0.2, -0.15) is 11.8 Å². The Morgan fingerprint density at radius 1 is 1.39 bits per heavy atom. The monoisotopic (exact) mass is 272 g/mol. The van der Waals surface area contributed by atoms with Gasteiger partial charge in [0.05, 0.1) is 0 Å². The molecule has 0 radical (unpaired) electrons. The molecule has 1 atom stereocenters. The van der Waals surface area contributed by atoms with Gasteiger partial charge in [-0.1, -0.05) is 13.3 Å². The smallest absolute Gasteiger partial charge is 0.223 e. The number of nitrogens with zero attached hydrogens (tertiary/aromatic N) is 1. The van der Waals surface area contributed by atoms with Gasteiger partial charge < -0.3 is 10.6 Å². The number of thioether (sulfide) groups is 1. The standard InChI is InChI=1S/C14H28N2OS/c1-3-4-10-18-11-7-14(17)16-8-5-13(6-9-16)12(2)15/h12-13H,3-11,15H2,1-2H3. The van der Waals surface area contributed by atoms with Gasteiger partial charge in [0.25, 0.3) is 0 Å². The van der Waals surface area contributed by atoms with E-state index in [0.717, 1.165) is 31.7 Å². The lowest BCUT2D eigenvalue weighted by Crippen LogP contribution is -2.42. The molecular weight excluding hydrogens is 244 g/mol. The lowest BCUT2D eigenvalue weighted by Gasteiger charge is -2.33. The van der Waals surface area contributed by atoms with E-state index in [1.54, 1.807) is 0 Å². The van der Waals surface area contributed by atoms with Crippen LogP contribution < -0.4 is 5.73 Å². The van der Waals surface area contributed by atoms with E-state index in [2.05, 4.69) is 13.8 Å². The van der Waals surface area contributed by atoms with Gasteiger partial charge in [0, 0.05) is 31.3 Å². The average Bonchev–Trinajstić information content (AvgIpc) is 2.38. The van der Waals surface area contributed by atoms with E-state index in [1.165, 1.54) is 18.6 Å². The molecule has 0 aromatic carbocycles. The van der Waals surface area contributed by atoms with Crippen molar-refractivity contribution in [2.24, 2.45) is 11.7 Å². The maximum absolute atomic E-state index is 12.0. The topological polar surface area (TPSA) is 46.3 Å². The van der Waals surface area contributed by atoms with Crippen molar-refractivity contribution in [3.8, 4) is 0 Å². The number of piperidine rings is 1. The number of rotatable bonds is 7. The molecule has 1 rings (SSSR count). The van der Waals surface area contributed by atoms with Crippen molar-refractivity contribution in [3.63, 3.8) is 0 Å². The highest BCUT2D eigenvalue weighted by Gasteiger charge is 2.24. The first-order chi connectivity index (χ1) is 8.65. The predicted molar refractivity (Wildman–Crippen MR) is 79.8 cm³/mol. The van der Waals surface area contributed by atoms with Crippen LogP contribution in [-0.2, 0) is 4.79 Å². The number of likely N-dealkylation sites (tertiary alicyclic amines) is 1. The third-order valence-electron chi connectivity index (χ3n) is 3.74. The van der Waals surface area contributed by atoms with E-state index in [0.29, 0.717) is 18.2 Å². The molecule has 0 bridgehead atoms. The van der Waals surface area contributed by atoms with E-state index in [4.69, 9.17) is 5.73 Å². The van der Waals surface area contributed by atoms with Gasteiger partial charge in [-0.25, -0.2) is 0 Å². The first-order valence-electron chi connectivity index (χ1n) is 7.26. The quantitative estimate of drug-likeness (QED) is 0.724. The molecule has 0 aromatic heterocycles. The average molecular weight is 272 g/mol. The summed E-state index contributed by atoms with van der Waals surface area (Å²) in [5.74, 6) is 3.11. The van der Waals surface area contributed by atoms with Crippen LogP contribution in [0, 0.1) is 5.92 Å². The molecule has 106 valence electrons. The zero-order valence-corrected chi connectivity index (χ0v) is 12.7. The Hall–Kier alpha value is -0.220. The van der Waals surface area contributed by atoms with Crippen LogP contribution in [0.15, 0.2) is 0 Å². The molecule has 1 unspecified atom stereocenters. The van der Waals surface area contributed by atoms with E-state index in [1.807, 2.05) is 16.7 Å². The van der Waals surface area contributed by atoms with Crippen LogP contribution in [0.4, 0.5) is 0 Å². The van der Waals surface area contributed by atoms with Crippen molar-refractivity contribution < 1.29 is 4.79 Å². The van der Waals surface area contributed by atoms with Crippen molar-refractivity contribution >= 4 is 17.7 Å². The Morgan fingerprint density at radius 3 is 2.61 bits per heavy atom. The fourth-order valence-corrected chi connectivity index (χ4v) is 3.36. The minimum Gasteiger partial charge on any atom is -0.343 e. The first kappa shape index (κ1) is 15.8. The maximum atomic E-state index is 12.0. The molecule has 1 aliphatic heterocycles. The van der Waals surface area contributed by atoms with E-state index >= 15 is 0 Å². The largest absolute Gasteiger partial charge is 0.343 e. The van der Waals surface area contributed by atoms with Crippen LogP contribution >= 0.6 is 11.8 Å². The molecule has 0 aromatic rings. The third kappa shape index (κ3) is 5.61. The highest BCUT2D eigenvalue weighted by Crippen LogP contribution is 2.20. The van der Waals surface area contributed by atoms with E-state index < -0.39 is 0 Å². The second-order valence-corrected chi connectivity index (χ2v) is 6.52. The van der Waals surface area contributed by atoms with Crippen molar-refractivity contribution in [1.82, 2.24) is 4.90 Å². The van der Waals surface area contributed by atoms with Gasteiger partial charge in [0.15, 0.2) is 0 Å². The van der Waals surface area contributed by atoms with Crippen LogP contribution in [0.1, 0.15) is 46.0 Å². The van der Waals surface area contributed by atoms with Crippen LogP contribution in [0.2, 0.25) is 0 Å². The summed E-state index contributed by atoms with van der Waals surface area (Å²) in [4.78, 5) is 14.0. The van der Waals surface area contributed by atoms with E-state index in [9.17, 15) is 4.79 Å². The molecule has 1 aliphatic rings. The summed E-state index contributed by atoms with van der Waals surface area (Å²) >= 11 is 1.91. The molecule has 18 heavy (non-hydrogen) atoms. The van der Waals surface area contributed by atoms with Crippen LogP contribution in [0.5, 0.6) is 0 Å². The lowest BCUT2D eigenvalue weighted by atomic mass is 9.91. The summed E-state index contributed by atoms with van der Waals surface area (Å²) in [6.07, 6.45) is 5.36. The minimum atomic E-state index is 0.270. The predicted octanol–water partition coefficient (Wildman–Crippen LogP) is 2.50. The molecular formula is C14H28N2OS. The number of nitrogens with two attached hydrogens (primary N) is 1. The molecule has 0 aliphatic carbocycles. The summed E-state index contributed by atoms with van der Waals surface area (Å²) in [5.41, 5.74) is 5.91. The molecule has 1 fully saturated rings. The van der Waals surface area contributed by atoms with Gasteiger partial charge in [-0.05, 0) is 37.9 Å². The molecule has 1 saturated heterocycles. The van der Waals surface area contributed by atoms with Gasteiger partial charge >= 0.3 is 0 Å². The number of hydrogen-bond acceptors (Lipinski definition) is 3. The summed E-state index contributed by atoms with van der Waals surface area (Å²) in [7, 11) is 0. The summed E-state index contributed by atoms with van der Waals surface area (Å²) in [5, 5.41) is 0. The lowest BCUT2D eigenvalue weighted by molar-refractivity contribution is -0.132. The Bertz CT molecular complexity index is 238. The Morgan fingerprint density at radius 2 is 2.06 bits per heavy atom. The van der Waals surface area contributed by atoms with Crippen molar-refractivity contribution in [2.45, 2.75) is 52.0 Å². The Balaban J connectivity index is 2.12. The molecule has 1 heterocycles. The molecule has 0 spiro atoms. The fourth-order valence-electron chi connectivity index (χ4n) is 2.34. The van der Waals surface area contributed by atoms with Crippen LogP contribution in [-0.4, -0.2) is 41.4 Å². The molecule has 4 heteroatoms.